The number of hydrogen-bond acceptors (Lipinski definition) is 7. The standard InChI is InChI=1S/C19H26N4O5S/c1-19(2)16(26)23(18(27)22-19)13(9-11-7-5-4-6-8-11)14(24)21-17-20-12(10-29-17)15(25)28-3/h10-11,13H,4-9H2,1-3H3,(H,22,27)(H,20,21,24)/t13-/m0/s1. The van der Waals surface area contributed by atoms with Gasteiger partial charge in [-0.05, 0) is 26.2 Å². The Morgan fingerprint density at radius 2 is 2.03 bits per heavy atom. The van der Waals surface area contributed by atoms with Crippen LogP contribution in [0.15, 0.2) is 5.38 Å². The molecule has 1 atom stereocenters. The second-order valence-electron chi connectivity index (χ2n) is 8.00. The van der Waals surface area contributed by atoms with E-state index in [9.17, 15) is 19.2 Å². The van der Waals surface area contributed by atoms with Gasteiger partial charge >= 0.3 is 12.0 Å². The third-order valence-corrected chi connectivity index (χ3v) is 6.17. The largest absolute Gasteiger partial charge is 0.464 e. The molecule has 0 unspecified atom stereocenters. The van der Waals surface area contributed by atoms with Crippen molar-refractivity contribution in [2.24, 2.45) is 5.92 Å². The minimum absolute atomic E-state index is 0.0905. The molecule has 0 radical (unpaired) electrons. The Bertz CT molecular complexity index is 815. The van der Waals surface area contributed by atoms with Gasteiger partial charge < -0.3 is 15.4 Å². The highest BCUT2D eigenvalue weighted by Crippen LogP contribution is 2.31. The molecule has 10 heteroatoms. The van der Waals surface area contributed by atoms with Crippen molar-refractivity contribution >= 4 is 40.3 Å². The zero-order valence-corrected chi connectivity index (χ0v) is 17.6. The third kappa shape index (κ3) is 4.58. The molecule has 2 fully saturated rings. The first-order chi connectivity index (χ1) is 13.7. The maximum atomic E-state index is 13.1. The van der Waals surface area contributed by atoms with Gasteiger partial charge in [-0.1, -0.05) is 32.1 Å². The predicted octanol–water partition coefficient (Wildman–Crippen LogP) is 2.54. The summed E-state index contributed by atoms with van der Waals surface area (Å²) in [5.74, 6) is -1.24. The Hall–Kier alpha value is -2.49. The highest BCUT2D eigenvalue weighted by Gasteiger charge is 2.49. The van der Waals surface area contributed by atoms with Gasteiger partial charge in [0.2, 0.25) is 5.91 Å². The molecule has 0 aromatic carbocycles. The molecule has 1 saturated heterocycles. The number of amides is 4. The van der Waals surface area contributed by atoms with Gasteiger partial charge in [-0.25, -0.2) is 19.5 Å². The smallest absolute Gasteiger partial charge is 0.357 e. The molecule has 9 nitrogen and oxygen atoms in total. The highest BCUT2D eigenvalue weighted by molar-refractivity contribution is 7.14. The molecule has 0 spiro atoms. The van der Waals surface area contributed by atoms with Crippen LogP contribution in [0, 0.1) is 5.92 Å². The van der Waals surface area contributed by atoms with Crippen molar-refractivity contribution in [3.63, 3.8) is 0 Å². The van der Waals surface area contributed by atoms with Crippen molar-refractivity contribution in [1.82, 2.24) is 15.2 Å². The monoisotopic (exact) mass is 422 g/mol. The summed E-state index contributed by atoms with van der Waals surface area (Å²) >= 11 is 1.08. The van der Waals surface area contributed by atoms with Crippen molar-refractivity contribution in [2.45, 2.75) is 64.0 Å². The number of nitrogens with one attached hydrogen (secondary N) is 2. The number of ether oxygens (including phenoxy) is 1. The summed E-state index contributed by atoms with van der Waals surface area (Å²) in [6.07, 6.45) is 5.69. The summed E-state index contributed by atoms with van der Waals surface area (Å²) in [6.45, 7) is 3.23. The van der Waals surface area contributed by atoms with Gasteiger partial charge in [-0.15, -0.1) is 11.3 Å². The van der Waals surface area contributed by atoms with Gasteiger partial charge in [0.05, 0.1) is 7.11 Å². The number of hydrogen-bond donors (Lipinski definition) is 2. The molecule has 3 rings (SSSR count). The number of imide groups is 1. The lowest BCUT2D eigenvalue weighted by atomic mass is 9.84. The van der Waals surface area contributed by atoms with Gasteiger partial charge in [0.15, 0.2) is 10.8 Å². The summed E-state index contributed by atoms with van der Waals surface area (Å²) in [5.41, 5.74) is -0.964. The van der Waals surface area contributed by atoms with Gasteiger partial charge in [0, 0.05) is 5.38 Å². The first kappa shape index (κ1) is 21.2. The maximum absolute atomic E-state index is 13.1. The van der Waals surface area contributed by atoms with Crippen LogP contribution in [0.25, 0.3) is 0 Å². The maximum Gasteiger partial charge on any atom is 0.357 e. The number of rotatable bonds is 6. The molecule has 2 aliphatic rings. The van der Waals surface area contributed by atoms with E-state index in [4.69, 9.17) is 0 Å². The summed E-state index contributed by atoms with van der Waals surface area (Å²) in [5, 5.41) is 7.00. The number of anilines is 1. The van der Waals surface area contributed by atoms with Crippen LogP contribution >= 0.6 is 11.3 Å². The lowest BCUT2D eigenvalue weighted by molar-refractivity contribution is -0.136. The zero-order chi connectivity index (χ0) is 21.2. The Labute approximate surface area is 173 Å². The lowest BCUT2D eigenvalue weighted by Gasteiger charge is -2.30. The number of carbonyl (C=O) groups excluding carboxylic acids is 4. The molecule has 158 valence electrons. The Kier molecular flexibility index (Phi) is 6.21. The first-order valence-corrected chi connectivity index (χ1v) is 10.6. The van der Waals surface area contributed by atoms with E-state index in [-0.39, 0.29) is 16.7 Å². The SMILES string of the molecule is COC(=O)c1csc(NC(=O)[C@H](CC2CCCCC2)N2C(=O)NC(C)(C)C2=O)n1. The molecule has 2 heterocycles. The molecular formula is C19H26N4O5S. The normalized spacial score (nSPS) is 20.3. The van der Waals surface area contributed by atoms with Crippen LogP contribution in [0.2, 0.25) is 0 Å². The lowest BCUT2D eigenvalue weighted by Crippen LogP contribution is -2.49. The fourth-order valence-electron chi connectivity index (χ4n) is 3.84. The topological polar surface area (TPSA) is 118 Å². The molecular weight excluding hydrogens is 396 g/mol. The van der Waals surface area contributed by atoms with Crippen molar-refractivity contribution < 1.29 is 23.9 Å². The Morgan fingerprint density at radius 3 is 2.62 bits per heavy atom. The van der Waals surface area contributed by atoms with Crippen LogP contribution in [-0.2, 0) is 14.3 Å². The van der Waals surface area contributed by atoms with Crippen LogP contribution in [-0.4, -0.2) is 52.4 Å². The summed E-state index contributed by atoms with van der Waals surface area (Å²) in [6, 6.07) is -1.50. The first-order valence-electron chi connectivity index (χ1n) is 9.73. The molecule has 29 heavy (non-hydrogen) atoms. The van der Waals surface area contributed by atoms with Gasteiger partial charge in [0.1, 0.15) is 11.6 Å². The number of urea groups is 1. The van der Waals surface area contributed by atoms with Crippen LogP contribution in [0.5, 0.6) is 0 Å². The van der Waals surface area contributed by atoms with Crippen LogP contribution in [0.1, 0.15) is 62.9 Å². The van der Waals surface area contributed by atoms with Crippen LogP contribution in [0.3, 0.4) is 0 Å². The van der Waals surface area contributed by atoms with Gasteiger partial charge in [-0.2, -0.15) is 0 Å². The second-order valence-corrected chi connectivity index (χ2v) is 8.86. The van der Waals surface area contributed by atoms with Crippen molar-refractivity contribution in [1.29, 1.82) is 0 Å². The average Bonchev–Trinajstić information content (AvgIpc) is 3.22. The molecule has 1 aromatic heterocycles. The molecule has 1 aliphatic heterocycles. The van der Waals surface area contributed by atoms with Crippen molar-refractivity contribution in [2.75, 3.05) is 12.4 Å². The van der Waals surface area contributed by atoms with Crippen LogP contribution in [0.4, 0.5) is 9.93 Å². The summed E-state index contributed by atoms with van der Waals surface area (Å²) < 4.78 is 4.62. The predicted molar refractivity (Wildman–Crippen MR) is 107 cm³/mol. The van der Waals surface area contributed by atoms with E-state index < -0.39 is 35.4 Å². The fraction of sp³-hybridized carbons (Fsp3) is 0.632. The summed E-state index contributed by atoms with van der Waals surface area (Å²) in [4.78, 5) is 55.1. The summed E-state index contributed by atoms with van der Waals surface area (Å²) in [7, 11) is 1.25. The number of carbonyl (C=O) groups is 4. The number of nitrogens with zero attached hydrogens (tertiary/aromatic N) is 2. The van der Waals surface area contributed by atoms with E-state index >= 15 is 0 Å². The fourth-order valence-corrected chi connectivity index (χ4v) is 4.53. The van der Waals surface area contributed by atoms with E-state index in [0.717, 1.165) is 41.9 Å². The zero-order valence-electron chi connectivity index (χ0n) is 16.8. The van der Waals surface area contributed by atoms with Crippen molar-refractivity contribution in [3.05, 3.63) is 11.1 Å². The second kappa shape index (κ2) is 8.48. The molecule has 1 aromatic rings. The Morgan fingerprint density at radius 1 is 1.34 bits per heavy atom. The molecule has 0 bridgehead atoms. The molecule has 4 amide bonds. The van der Waals surface area contributed by atoms with E-state index in [1.165, 1.54) is 18.9 Å². The molecule has 2 N–H and O–H groups in total. The van der Waals surface area contributed by atoms with E-state index in [2.05, 4.69) is 20.4 Å². The number of thiazole rings is 1. The minimum atomic E-state index is -1.05. The number of aromatic nitrogens is 1. The van der Waals surface area contributed by atoms with E-state index in [1.54, 1.807) is 13.8 Å². The molecule has 1 aliphatic carbocycles. The van der Waals surface area contributed by atoms with E-state index in [0.29, 0.717) is 6.42 Å². The van der Waals surface area contributed by atoms with Crippen molar-refractivity contribution in [3.8, 4) is 0 Å². The van der Waals surface area contributed by atoms with Crippen LogP contribution < -0.4 is 10.6 Å². The Balaban J connectivity index is 1.81. The highest BCUT2D eigenvalue weighted by atomic mass is 32.1. The average molecular weight is 423 g/mol. The minimum Gasteiger partial charge on any atom is -0.464 e. The quantitative estimate of drug-likeness (QED) is 0.537. The number of methoxy groups -OCH3 is 1. The molecule has 1 saturated carbocycles. The van der Waals surface area contributed by atoms with E-state index in [1.807, 2.05) is 0 Å². The van der Waals surface area contributed by atoms with Gasteiger partial charge in [0.25, 0.3) is 5.91 Å². The number of esters is 1. The third-order valence-electron chi connectivity index (χ3n) is 5.42. The van der Waals surface area contributed by atoms with Gasteiger partial charge in [-0.3, -0.25) is 9.59 Å².